The van der Waals surface area contributed by atoms with Crippen molar-refractivity contribution in [2.75, 3.05) is 18.1 Å². The van der Waals surface area contributed by atoms with Crippen LogP contribution in [0.4, 0.5) is 5.69 Å². The molecule has 0 aromatic heterocycles. The molecule has 19 heavy (non-hydrogen) atoms. The third-order valence-corrected chi connectivity index (χ3v) is 4.24. The lowest BCUT2D eigenvalue weighted by Crippen LogP contribution is -2.42. The molecule has 106 valence electrons. The van der Waals surface area contributed by atoms with E-state index in [1.54, 1.807) is 12.1 Å². The molecule has 0 fully saturated rings. The average Bonchev–Trinajstić information content (AvgIpc) is 2.25. The van der Waals surface area contributed by atoms with Crippen molar-refractivity contribution in [2.24, 2.45) is 0 Å². The lowest BCUT2D eigenvalue weighted by molar-refractivity contribution is -0.155. The van der Waals surface area contributed by atoms with Gasteiger partial charge in [0.05, 0.1) is 17.1 Å². The molecule has 0 aliphatic heterocycles. The lowest BCUT2D eigenvalue weighted by Gasteiger charge is -2.21. The topological polar surface area (TPSA) is 104 Å². The number of halogens is 1. The Morgan fingerprint density at radius 1 is 1.47 bits per heavy atom. The number of aliphatic carboxylic acids is 1. The summed E-state index contributed by atoms with van der Waals surface area (Å²) >= 11 is 3.19. The van der Waals surface area contributed by atoms with Crippen LogP contribution >= 0.6 is 15.9 Å². The van der Waals surface area contributed by atoms with E-state index in [1.165, 1.54) is 6.07 Å². The van der Waals surface area contributed by atoms with Gasteiger partial charge in [0.25, 0.3) is 0 Å². The van der Waals surface area contributed by atoms with Crippen molar-refractivity contribution in [3.63, 3.8) is 0 Å². The number of hydrogen-bond acceptors (Lipinski definition) is 5. The second kappa shape index (κ2) is 5.48. The van der Waals surface area contributed by atoms with E-state index in [0.717, 1.165) is 13.2 Å². The molecule has 1 unspecified atom stereocenters. The molecule has 1 aromatic carbocycles. The second-order valence-electron chi connectivity index (χ2n) is 4.32. The van der Waals surface area contributed by atoms with Gasteiger partial charge in [-0.05, 0) is 35.0 Å². The largest absolute Gasteiger partial charge is 0.479 e. The molecule has 0 saturated heterocycles. The van der Waals surface area contributed by atoms with Crippen molar-refractivity contribution in [1.82, 2.24) is 0 Å². The molecule has 0 aliphatic rings. The number of carboxylic acid groups (broad SMARTS) is 1. The van der Waals surface area contributed by atoms with Crippen molar-refractivity contribution in [3.8, 4) is 0 Å². The summed E-state index contributed by atoms with van der Waals surface area (Å²) in [7, 11) is -3.47. The Morgan fingerprint density at radius 3 is 2.53 bits per heavy atom. The van der Waals surface area contributed by atoms with Crippen molar-refractivity contribution in [1.29, 1.82) is 0 Å². The highest BCUT2D eigenvalue weighted by Crippen LogP contribution is 2.30. The van der Waals surface area contributed by atoms with Crippen LogP contribution in [0.5, 0.6) is 0 Å². The maximum atomic E-state index is 11.6. The lowest BCUT2D eigenvalue weighted by atomic mass is 10.1. The Bertz CT molecular complexity index is 597. The normalized spacial score (nSPS) is 14.7. The number of nitrogens with one attached hydrogen (secondary N) is 1. The number of aliphatic hydroxyl groups is 1. The fourth-order valence-electron chi connectivity index (χ4n) is 1.32. The Kier molecular flexibility index (Phi) is 4.59. The molecule has 1 aromatic rings. The van der Waals surface area contributed by atoms with Crippen molar-refractivity contribution in [3.05, 3.63) is 22.7 Å². The van der Waals surface area contributed by atoms with E-state index >= 15 is 0 Å². The minimum Gasteiger partial charge on any atom is -0.479 e. The van der Waals surface area contributed by atoms with E-state index in [4.69, 9.17) is 5.11 Å². The van der Waals surface area contributed by atoms with E-state index < -0.39 is 21.4 Å². The number of para-hydroxylation sites is 1. The molecule has 6 nitrogen and oxygen atoms in total. The van der Waals surface area contributed by atoms with Crippen LogP contribution < -0.4 is 5.32 Å². The predicted octanol–water partition coefficient (Wildman–Crippen LogP) is 1.10. The van der Waals surface area contributed by atoms with Gasteiger partial charge < -0.3 is 15.5 Å². The highest BCUT2D eigenvalue weighted by atomic mass is 79.9. The van der Waals surface area contributed by atoms with Crippen LogP contribution in [0, 0.1) is 0 Å². The van der Waals surface area contributed by atoms with E-state index in [-0.39, 0.29) is 17.1 Å². The van der Waals surface area contributed by atoms with Gasteiger partial charge >= 0.3 is 5.97 Å². The van der Waals surface area contributed by atoms with E-state index in [1.807, 2.05) is 0 Å². The molecule has 1 atom stereocenters. The van der Waals surface area contributed by atoms with Gasteiger partial charge in [0, 0.05) is 10.7 Å². The fourth-order valence-corrected chi connectivity index (χ4v) is 2.84. The summed E-state index contributed by atoms with van der Waals surface area (Å²) in [4.78, 5) is 10.8. The first-order chi connectivity index (χ1) is 8.55. The first-order valence-electron chi connectivity index (χ1n) is 5.24. The summed E-state index contributed by atoms with van der Waals surface area (Å²) in [6.45, 7) is 0.798. The smallest absolute Gasteiger partial charge is 0.337 e. The molecular formula is C11H14BrNO5S. The Morgan fingerprint density at radius 2 is 2.05 bits per heavy atom. The third-order valence-electron chi connectivity index (χ3n) is 2.44. The van der Waals surface area contributed by atoms with Crippen molar-refractivity contribution >= 4 is 37.4 Å². The van der Waals surface area contributed by atoms with Gasteiger partial charge in [-0.15, -0.1) is 0 Å². The van der Waals surface area contributed by atoms with Gasteiger partial charge in [-0.25, -0.2) is 13.2 Å². The summed E-state index contributed by atoms with van der Waals surface area (Å²) in [6, 6.07) is 4.57. The minimum absolute atomic E-state index is 0.0306. The van der Waals surface area contributed by atoms with E-state index in [2.05, 4.69) is 21.2 Å². The van der Waals surface area contributed by atoms with Gasteiger partial charge in [0.2, 0.25) is 0 Å². The van der Waals surface area contributed by atoms with Gasteiger partial charge in [0.1, 0.15) is 0 Å². The first kappa shape index (κ1) is 15.9. The van der Waals surface area contributed by atoms with Crippen LogP contribution in [-0.2, 0) is 14.6 Å². The van der Waals surface area contributed by atoms with Gasteiger partial charge in [0.15, 0.2) is 15.4 Å². The third kappa shape index (κ3) is 3.92. The van der Waals surface area contributed by atoms with Crippen LogP contribution in [0.15, 0.2) is 27.6 Å². The summed E-state index contributed by atoms with van der Waals surface area (Å²) in [5, 5.41) is 21.1. The fraction of sp³-hybridized carbons (Fsp3) is 0.364. The zero-order chi connectivity index (χ0) is 14.8. The highest BCUT2D eigenvalue weighted by Gasteiger charge is 2.30. The van der Waals surface area contributed by atoms with Crippen LogP contribution in [0.2, 0.25) is 0 Å². The molecule has 0 saturated carbocycles. The Hall–Kier alpha value is -1.12. The molecular weight excluding hydrogens is 338 g/mol. The quantitative estimate of drug-likeness (QED) is 0.733. The Balaban J connectivity index is 3.12. The molecule has 1 rings (SSSR count). The van der Waals surface area contributed by atoms with Crippen molar-refractivity contribution in [2.45, 2.75) is 17.4 Å². The number of carbonyl (C=O) groups is 1. The maximum Gasteiger partial charge on any atom is 0.337 e. The van der Waals surface area contributed by atoms with E-state index in [9.17, 15) is 18.3 Å². The summed E-state index contributed by atoms with van der Waals surface area (Å²) in [6.07, 6.45) is 1.05. The zero-order valence-electron chi connectivity index (χ0n) is 10.3. The highest BCUT2D eigenvalue weighted by molar-refractivity contribution is 9.10. The van der Waals surface area contributed by atoms with Crippen LogP contribution in [0.3, 0.4) is 0 Å². The van der Waals surface area contributed by atoms with Crippen LogP contribution in [0.25, 0.3) is 0 Å². The molecule has 8 heteroatoms. The summed E-state index contributed by atoms with van der Waals surface area (Å²) in [5.74, 6) is -1.40. The minimum atomic E-state index is -3.47. The number of sulfone groups is 1. The predicted molar refractivity (Wildman–Crippen MR) is 74.0 cm³/mol. The zero-order valence-corrected chi connectivity index (χ0v) is 12.7. The standard InChI is InChI=1S/C11H14BrNO5S/c1-11(16,10(14)15)6-13-9-7(12)4-3-5-8(9)19(2,17)18/h3-5,13,16H,6H2,1-2H3,(H,14,15). The molecule has 0 radical (unpaired) electrons. The summed E-state index contributed by atoms with van der Waals surface area (Å²) in [5.41, 5.74) is -1.77. The monoisotopic (exact) mass is 351 g/mol. The molecule has 0 amide bonds. The molecule has 0 aliphatic carbocycles. The number of anilines is 1. The molecule has 0 spiro atoms. The van der Waals surface area contributed by atoms with Gasteiger partial charge in [-0.2, -0.15) is 0 Å². The van der Waals surface area contributed by atoms with E-state index in [0.29, 0.717) is 4.47 Å². The van der Waals surface area contributed by atoms with Gasteiger partial charge in [-0.3, -0.25) is 0 Å². The number of benzene rings is 1. The Labute approximate surface area is 119 Å². The van der Waals surface area contributed by atoms with Crippen LogP contribution in [-0.4, -0.2) is 43.0 Å². The number of hydrogen-bond donors (Lipinski definition) is 3. The molecule has 0 bridgehead atoms. The second-order valence-corrected chi connectivity index (χ2v) is 7.16. The molecule has 0 heterocycles. The van der Waals surface area contributed by atoms with Crippen molar-refractivity contribution < 1.29 is 23.4 Å². The molecule has 3 N–H and O–H groups in total. The van der Waals surface area contributed by atoms with Gasteiger partial charge in [-0.1, -0.05) is 6.07 Å². The average molecular weight is 352 g/mol. The maximum absolute atomic E-state index is 11.6. The number of rotatable bonds is 5. The number of carboxylic acids is 1. The SMILES string of the molecule is CC(O)(CNc1c(Br)cccc1S(C)(=O)=O)C(=O)O. The van der Waals surface area contributed by atoms with Crippen LogP contribution in [0.1, 0.15) is 6.92 Å². The summed E-state index contributed by atoms with van der Waals surface area (Å²) < 4.78 is 23.7. The first-order valence-corrected chi connectivity index (χ1v) is 7.92.